The normalized spacial score (nSPS) is 21.0. The van der Waals surface area contributed by atoms with E-state index in [9.17, 15) is 14.9 Å². The fourth-order valence-electron chi connectivity index (χ4n) is 1.34. The summed E-state index contributed by atoms with van der Waals surface area (Å²) >= 11 is 1.30. The Labute approximate surface area is 112 Å². The van der Waals surface area contributed by atoms with Gasteiger partial charge < -0.3 is 5.32 Å². The third-order valence-electron chi connectivity index (χ3n) is 2.35. The highest BCUT2D eigenvalue weighted by molar-refractivity contribution is 8.15. The highest BCUT2D eigenvalue weighted by Crippen LogP contribution is 2.18. The molecule has 0 aliphatic carbocycles. The Hall–Kier alpha value is -2.22. The largest absolute Gasteiger partial charge is 0.303 e. The molecule has 0 saturated carbocycles. The molecule has 7 nitrogen and oxygen atoms in total. The molecule has 0 spiro atoms. The summed E-state index contributed by atoms with van der Waals surface area (Å²) in [6.45, 7) is 1.78. The number of thioether (sulfide) groups is 1. The third-order valence-corrected chi connectivity index (χ3v) is 3.32. The van der Waals surface area contributed by atoms with Crippen LogP contribution in [-0.4, -0.2) is 27.5 Å². The first-order chi connectivity index (χ1) is 9.06. The quantitative estimate of drug-likeness (QED) is 0.515. The molecule has 1 aromatic rings. The lowest BCUT2D eigenvalue weighted by Gasteiger charge is -1.92. The van der Waals surface area contributed by atoms with Crippen molar-refractivity contribution in [2.75, 3.05) is 0 Å². The molecule has 0 aromatic heterocycles. The zero-order valence-electron chi connectivity index (χ0n) is 9.94. The number of rotatable bonds is 3. The van der Waals surface area contributed by atoms with Crippen LogP contribution < -0.4 is 5.32 Å². The Kier molecular flexibility index (Phi) is 3.91. The summed E-state index contributed by atoms with van der Waals surface area (Å²) in [6.07, 6.45) is 1.46. The van der Waals surface area contributed by atoms with Gasteiger partial charge in [-0.2, -0.15) is 5.10 Å². The van der Waals surface area contributed by atoms with Crippen molar-refractivity contribution < 1.29 is 9.72 Å². The number of nitro benzene ring substituents is 1. The van der Waals surface area contributed by atoms with Gasteiger partial charge in [0.2, 0.25) is 5.91 Å². The molecule has 1 heterocycles. The summed E-state index contributed by atoms with van der Waals surface area (Å²) in [4.78, 5) is 21.2. The molecule has 98 valence electrons. The van der Waals surface area contributed by atoms with Crippen LogP contribution in [0.1, 0.15) is 12.5 Å². The second kappa shape index (κ2) is 5.61. The maximum Gasteiger partial charge on any atom is 0.269 e. The van der Waals surface area contributed by atoms with E-state index in [0.717, 1.165) is 0 Å². The first kappa shape index (κ1) is 13.2. The van der Waals surface area contributed by atoms with Crippen molar-refractivity contribution in [2.24, 2.45) is 10.2 Å². The van der Waals surface area contributed by atoms with Gasteiger partial charge in [0.25, 0.3) is 5.69 Å². The van der Waals surface area contributed by atoms with Gasteiger partial charge in [-0.1, -0.05) is 11.8 Å². The number of nitro groups is 1. The van der Waals surface area contributed by atoms with Crippen LogP contribution in [0.25, 0.3) is 0 Å². The maximum atomic E-state index is 11.2. The molecule has 1 aromatic carbocycles. The number of nitrogens with one attached hydrogen (secondary N) is 1. The van der Waals surface area contributed by atoms with Gasteiger partial charge in [0.15, 0.2) is 5.17 Å². The SMILES string of the molecule is C[C@@H]1S/C(=N\N=C\c2ccc([N+](=O)[O-])cc2)NC1=O. The molecule has 8 heteroatoms. The topological polar surface area (TPSA) is 97.0 Å². The maximum absolute atomic E-state index is 11.2. The second-order valence-corrected chi connectivity index (χ2v) is 5.08. The van der Waals surface area contributed by atoms with E-state index in [4.69, 9.17) is 0 Å². The van der Waals surface area contributed by atoms with Crippen molar-refractivity contribution in [1.29, 1.82) is 0 Å². The molecule has 1 N–H and O–H groups in total. The van der Waals surface area contributed by atoms with Crippen LogP contribution >= 0.6 is 11.8 Å². The number of nitrogens with zero attached hydrogens (tertiary/aromatic N) is 3. The molecule has 1 amide bonds. The lowest BCUT2D eigenvalue weighted by Crippen LogP contribution is -2.23. The van der Waals surface area contributed by atoms with Gasteiger partial charge in [0.05, 0.1) is 16.4 Å². The molecule has 1 saturated heterocycles. The second-order valence-electron chi connectivity index (χ2n) is 3.75. The highest BCUT2D eigenvalue weighted by atomic mass is 32.2. The van der Waals surface area contributed by atoms with E-state index in [1.54, 1.807) is 19.1 Å². The van der Waals surface area contributed by atoms with Crippen LogP contribution in [0.15, 0.2) is 34.5 Å². The van der Waals surface area contributed by atoms with Crippen LogP contribution in [0.3, 0.4) is 0 Å². The Bertz CT molecular complexity index is 568. The number of non-ortho nitro benzene ring substituents is 1. The van der Waals surface area contributed by atoms with Gasteiger partial charge in [0.1, 0.15) is 0 Å². The fourth-order valence-corrected chi connectivity index (χ4v) is 2.09. The van der Waals surface area contributed by atoms with Gasteiger partial charge >= 0.3 is 0 Å². The van der Waals surface area contributed by atoms with E-state index in [1.165, 1.54) is 30.1 Å². The molecule has 0 unspecified atom stereocenters. The molecule has 0 radical (unpaired) electrons. The van der Waals surface area contributed by atoms with Gasteiger partial charge in [-0.3, -0.25) is 14.9 Å². The highest BCUT2D eigenvalue weighted by Gasteiger charge is 2.25. The number of hydrogen-bond acceptors (Lipinski definition) is 6. The van der Waals surface area contributed by atoms with Crippen LogP contribution in [0, 0.1) is 10.1 Å². The van der Waals surface area contributed by atoms with Crippen molar-refractivity contribution in [1.82, 2.24) is 5.32 Å². The van der Waals surface area contributed by atoms with E-state index in [-0.39, 0.29) is 16.8 Å². The first-order valence-electron chi connectivity index (χ1n) is 5.39. The van der Waals surface area contributed by atoms with Gasteiger partial charge in [-0.15, -0.1) is 5.10 Å². The third kappa shape index (κ3) is 3.38. The van der Waals surface area contributed by atoms with Crippen molar-refractivity contribution in [3.05, 3.63) is 39.9 Å². The van der Waals surface area contributed by atoms with Crippen molar-refractivity contribution in [3.8, 4) is 0 Å². The number of benzene rings is 1. The number of hydrogen-bond donors (Lipinski definition) is 1. The average Bonchev–Trinajstić information content (AvgIpc) is 2.69. The lowest BCUT2D eigenvalue weighted by atomic mass is 10.2. The molecule has 1 atom stereocenters. The zero-order chi connectivity index (χ0) is 13.8. The monoisotopic (exact) mass is 278 g/mol. The Morgan fingerprint density at radius 1 is 1.42 bits per heavy atom. The van der Waals surface area contributed by atoms with Crippen molar-refractivity contribution in [2.45, 2.75) is 12.2 Å². The average molecular weight is 278 g/mol. The molecule has 1 fully saturated rings. The van der Waals surface area contributed by atoms with Crippen molar-refractivity contribution >= 4 is 34.7 Å². The van der Waals surface area contributed by atoms with Crippen LogP contribution in [-0.2, 0) is 4.79 Å². The summed E-state index contributed by atoms with van der Waals surface area (Å²) < 4.78 is 0. The smallest absolute Gasteiger partial charge is 0.269 e. The Morgan fingerprint density at radius 3 is 2.63 bits per heavy atom. The number of carbonyl (C=O) groups excluding carboxylic acids is 1. The zero-order valence-corrected chi connectivity index (χ0v) is 10.8. The van der Waals surface area contributed by atoms with E-state index in [0.29, 0.717) is 10.7 Å². The molecule has 0 bridgehead atoms. The molecule has 19 heavy (non-hydrogen) atoms. The molecular weight excluding hydrogens is 268 g/mol. The Balaban J connectivity index is 2.01. The lowest BCUT2D eigenvalue weighted by molar-refractivity contribution is -0.384. The summed E-state index contributed by atoms with van der Waals surface area (Å²) in [7, 11) is 0. The van der Waals surface area contributed by atoms with E-state index in [2.05, 4.69) is 15.5 Å². The molecule has 1 aliphatic heterocycles. The Morgan fingerprint density at radius 2 is 2.11 bits per heavy atom. The molecule has 1 aliphatic rings. The van der Waals surface area contributed by atoms with Crippen LogP contribution in [0.4, 0.5) is 5.69 Å². The summed E-state index contributed by atoms with van der Waals surface area (Å²) in [6, 6.07) is 5.93. The summed E-state index contributed by atoms with van der Waals surface area (Å²) in [5.41, 5.74) is 0.716. The first-order valence-corrected chi connectivity index (χ1v) is 6.27. The van der Waals surface area contributed by atoms with Crippen LogP contribution in [0.5, 0.6) is 0 Å². The van der Waals surface area contributed by atoms with Gasteiger partial charge in [0, 0.05) is 12.1 Å². The van der Waals surface area contributed by atoms with Gasteiger partial charge in [-0.05, 0) is 24.6 Å². The van der Waals surface area contributed by atoms with E-state index >= 15 is 0 Å². The van der Waals surface area contributed by atoms with Crippen LogP contribution in [0.2, 0.25) is 0 Å². The summed E-state index contributed by atoms with van der Waals surface area (Å²) in [5.74, 6) is -0.0886. The standard InChI is InChI=1S/C11H10N4O3S/c1-7-10(16)13-11(19-7)14-12-6-8-2-4-9(5-3-8)15(17)18/h2-7H,1H3,(H,13,14,16)/b12-6+/t7-/m0/s1. The van der Waals surface area contributed by atoms with Gasteiger partial charge in [-0.25, -0.2) is 0 Å². The predicted molar refractivity (Wildman–Crippen MR) is 73.3 cm³/mol. The minimum atomic E-state index is -0.465. The minimum absolute atomic E-state index is 0.0240. The minimum Gasteiger partial charge on any atom is -0.303 e. The summed E-state index contributed by atoms with van der Waals surface area (Å²) in [5, 5.41) is 21.0. The fraction of sp³-hybridized carbons (Fsp3) is 0.182. The van der Waals surface area contributed by atoms with E-state index in [1.807, 2.05) is 0 Å². The van der Waals surface area contributed by atoms with E-state index < -0.39 is 4.92 Å². The number of amidine groups is 1. The van der Waals surface area contributed by atoms with Crippen molar-refractivity contribution in [3.63, 3.8) is 0 Å². The molecular formula is C11H10N4O3S. The molecule has 2 rings (SSSR count). The number of amides is 1. The predicted octanol–water partition coefficient (Wildman–Crippen LogP) is 1.54. The number of carbonyl (C=O) groups is 1.